The molecular weight excluding hydrogens is 724 g/mol. The van der Waals surface area contributed by atoms with Crippen LogP contribution in [-0.4, -0.2) is 77.4 Å². The second-order valence-corrected chi connectivity index (χ2v) is 21.0. The number of fused-ring (bicyclic) bond motifs is 2. The number of halogens is 1. The van der Waals surface area contributed by atoms with Gasteiger partial charge < -0.3 is 15.5 Å². The smallest absolute Gasteiger partial charge is 0.232 e. The molecule has 2 aromatic rings. The highest BCUT2D eigenvalue weighted by atomic mass is 35.7. The van der Waals surface area contributed by atoms with Crippen molar-refractivity contribution in [1.82, 2.24) is 9.80 Å². The molecule has 3 N–H and O–H groups in total. The number of hydrogen-bond acceptors (Lipinski definition) is 7. The molecule has 0 radical (unpaired) electrons. The van der Waals surface area contributed by atoms with Crippen molar-refractivity contribution in [3.05, 3.63) is 59.7 Å². The van der Waals surface area contributed by atoms with Gasteiger partial charge in [0.25, 0.3) is 0 Å². The zero-order chi connectivity index (χ0) is 38.9. The highest BCUT2D eigenvalue weighted by Gasteiger charge is 2.68. The third kappa shape index (κ3) is 10.9. The van der Waals surface area contributed by atoms with Gasteiger partial charge in [-0.05, 0) is 105 Å². The molecule has 4 atom stereocenters. The minimum absolute atomic E-state index is 0.00849. The fourth-order valence-electron chi connectivity index (χ4n) is 9.79. The van der Waals surface area contributed by atoms with Gasteiger partial charge in [0, 0.05) is 59.1 Å². The van der Waals surface area contributed by atoms with Gasteiger partial charge in [-0.2, -0.15) is 0 Å². The molecule has 2 saturated heterocycles. The number of nitrogen functional groups attached to an aromatic ring is 1. The van der Waals surface area contributed by atoms with E-state index in [1.807, 2.05) is 18.2 Å². The lowest BCUT2D eigenvalue weighted by atomic mass is 9.87. The summed E-state index contributed by atoms with van der Waals surface area (Å²) in [5, 5.41) is 0. The number of rotatable bonds is 18. The van der Waals surface area contributed by atoms with E-state index >= 15 is 0 Å². The summed E-state index contributed by atoms with van der Waals surface area (Å²) in [7, 11) is -1.72. The first-order valence-electron chi connectivity index (χ1n) is 20.6. The number of nitrogens with zero attached hydrogens (tertiary/aromatic N) is 2. The molecule has 4 unspecified atom stereocenters. The molecule has 2 aliphatic carbocycles. The molecule has 11 heteroatoms. The number of piperidine rings is 2. The van der Waals surface area contributed by atoms with Crippen LogP contribution in [0.15, 0.2) is 48.5 Å². The third-order valence-corrected chi connectivity index (χ3v) is 15.5. The van der Waals surface area contributed by atoms with Crippen LogP contribution in [0.4, 0.5) is 11.4 Å². The monoisotopic (exact) mass is 792 g/mol. The van der Waals surface area contributed by atoms with E-state index in [0.717, 1.165) is 35.8 Å². The van der Waals surface area contributed by atoms with Crippen LogP contribution in [0, 0.1) is 23.7 Å². The van der Waals surface area contributed by atoms with Crippen molar-refractivity contribution in [2.75, 3.05) is 61.2 Å². The van der Waals surface area contributed by atoms with Crippen molar-refractivity contribution in [3.8, 4) is 0 Å². The average Bonchev–Trinajstić information content (AvgIpc) is 3.72. The number of likely N-dealkylation sites (tertiary alicyclic amines) is 2. The van der Waals surface area contributed by atoms with Gasteiger partial charge in [0.2, 0.25) is 19.1 Å². The Kier molecular flexibility index (Phi) is 16.0. The van der Waals surface area contributed by atoms with Crippen LogP contribution in [0.1, 0.15) is 117 Å². The van der Waals surface area contributed by atoms with Gasteiger partial charge in [0.1, 0.15) is 0 Å². The van der Waals surface area contributed by atoms with Crippen LogP contribution >= 0.6 is 10.7 Å². The van der Waals surface area contributed by atoms with Crippen molar-refractivity contribution >= 4 is 41.1 Å². The molecule has 2 saturated carbocycles. The van der Waals surface area contributed by atoms with Crippen LogP contribution < -0.4 is 10.5 Å². The fourth-order valence-corrected chi connectivity index (χ4v) is 10.4. The Morgan fingerprint density at radius 1 is 0.660 bits per heavy atom. The van der Waals surface area contributed by atoms with Gasteiger partial charge in [0.05, 0.1) is 11.5 Å². The van der Waals surface area contributed by atoms with E-state index in [2.05, 4.69) is 83.2 Å². The van der Waals surface area contributed by atoms with Crippen LogP contribution in [0.25, 0.3) is 0 Å². The molecule has 4 aliphatic rings. The van der Waals surface area contributed by atoms with Gasteiger partial charge in [-0.3, -0.25) is 4.72 Å². The SMILES string of the molecule is CCCCCCN1CC2C(C1)C2(CC)c1cccc(N)c1.CCCCCCN1CC2C(C1)C2(CC)c1cccc(NS(=O)(=O)CC)c1.CCS(=O)(=O)Cl. The highest BCUT2D eigenvalue weighted by Crippen LogP contribution is 2.66. The van der Waals surface area contributed by atoms with Crippen molar-refractivity contribution in [1.29, 1.82) is 0 Å². The lowest BCUT2D eigenvalue weighted by Crippen LogP contribution is -2.31. The Labute approximate surface area is 327 Å². The third-order valence-electron chi connectivity index (χ3n) is 12.9. The van der Waals surface area contributed by atoms with Crippen molar-refractivity contribution in [2.24, 2.45) is 23.7 Å². The van der Waals surface area contributed by atoms with Crippen LogP contribution in [0.2, 0.25) is 0 Å². The van der Waals surface area contributed by atoms with Crippen LogP contribution in [0.3, 0.4) is 0 Å². The standard InChI is InChI=1S/C21H34N2O2S.C19H30N2.C2H5ClO2S/c1-4-7-8-9-13-23-15-19-20(16-23)21(19,5-2)17-11-10-12-18(14-17)22-26(24,25)6-3;1-3-5-6-7-11-21-13-17-18(14-21)19(17,4-2)15-9-8-10-16(20)12-15;1-2-6(3,4)5/h10-12,14,19-20,22H,4-9,13,15-16H2,1-3H3;8-10,12,17-18H,3-7,11,13-14,20H2,1-2H3;2H2,1H3. The molecule has 0 aromatic heterocycles. The molecule has 6 rings (SSSR count). The molecule has 4 fully saturated rings. The lowest BCUT2D eigenvalue weighted by molar-refractivity contribution is 0.263. The first kappa shape index (κ1) is 43.9. The Morgan fingerprint density at radius 3 is 1.47 bits per heavy atom. The van der Waals surface area contributed by atoms with E-state index in [4.69, 9.17) is 5.73 Å². The van der Waals surface area contributed by atoms with Crippen molar-refractivity contribution < 1.29 is 16.8 Å². The Bertz CT molecular complexity index is 1650. The van der Waals surface area contributed by atoms with E-state index in [9.17, 15) is 16.8 Å². The summed E-state index contributed by atoms with van der Waals surface area (Å²) in [6.07, 6.45) is 13.2. The van der Waals surface area contributed by atoms with E-state index in [-0.39, 0.29) is 16.9 Å². The van der Waals surface area contributed by atoms with Gasteiger partial charge in [-0.1, -0.05) is 97.4 Å². The molecule has 2 aliphatic heterocycles. The minimum atomic E-state index is -3.22. The molecular formula is C42H69ClN4O4S2. The van der Waals surface area contributed by atoms with Crippen molar-refractivity contribution in [3.63, 3.8) is 0 Å². The maximum absolute atomic E-state index is 11.9. The molecule has 8 nitrogen and oxygen atoms in total. The Balaban J connectivity index is 0.000000209. The quantitative estimate of drug-likeness (QED) is 0.0881. The maximum Gasteiger partial charge on any atom is 0.232 e. The maximum atomic E-state index is 11.9. The second kappa shape index (κ2) is 19.3. The summed E-state index contributed by atoms with van der Waals surface area (Å²) in [4.78, 5) is 5.34. The van der Waals surface area contributed by atoms with Crippen LogP contribution in [-0.2, 0) is 29.9 Å². The van der Waals surface area contributed by atoms with Crippen molar-refractivity contribution in [2.45, 2.75) is 117 Å². The molecule has 2 heterocycles. The first-order valence-corrected chi connectivity index (χ1v) is 24.7. The Hall–Kier alpha value is -1.85. The topological polar surface area (TPSA) is 113 Å². The zero-order valence-corrected chi connectivity index (χ0v) is 35.8. The number of nitrogens with one attached hydrogen (secondary N) is 1. The molecule has 0 bridgehead atoms. The molecule has 300 valence electrons. The summed E-state index contributed by atoms with van der Waals surface area (Å²) >= 11 is 0. The summed E-state index contributed by atoms with van der Waals surface area (Å²) in [5.74, 6) is 3.32. The Morgan fingerprint density at radius 2 is 1.09 bits per heavy atom. The predicted molar refractivity (Wildman–Crippen MR) is 225 cm³/mol. The average molecular weight is 794 g/mol. The first-order chi connectivity index (χ1) is 25.2. The largest absolute Gasteiger partial charge is 0.399 e. The highest BCUT2D eigenvalue weighted by molar-refractivity contribution is 8.13. The van der Waals surface area contributed by atoms with Gasteiger partial charge in [-0.25, -0.2) is 16.8 Å². The normalized spacial score (nSPS) is 27.5. The number of benzene rings is 2. The lowest BCUT2D eigenvalue weighted by Gasteiger charge is -2.27. The second-order valence-electron chi connectivity index (χ2n) is 15.9. The van der Waals surface area contributed by atoms with Crippen LogP contribution in [0.5, 0.6) is 0 Å². The number of hydrogen-bond donors (Lipinski definition) is 2. The number of unbranched alkanes of at least 4 members (excludes halogenated alkanes) is 6. The summed E-state index contributed by atoms with van der Waals surface area (Å²) in [6.45, 7) is 19.9. The molecule has 0 amide bonds. The van der Waals surface area contributed by atoms with Gasteiger partial charge in [-0.15, -0.1) is 0 Å². The summed E-state index contributed by atoms with van der Waals surface area (Å²) in [6, 6.07) is 16.8. The minimum Gasteiger partial charge on any atom is -0.399 e. The number of anilines is 2. The van der Waals surface area contributed by atoms with E-state index < -0.39 is 19.1 Å². The molecule has 2 aromatic carbocycles. The fraction of sp³-hybridized carbons (Fsp3) is 0.714. The van der Waals surface area contributed by atoms with E-state index in [0.29, 0.717) is 11.1 Å². The zero-order valence-electron chi connectivity index (χ0n) is 33.5. The summed E-state index contributed by atoms with van der Waals surface area (Å²) < 4.78 is 46.0. The van der Waals surface area contributed by atoms with E-state index in [1.165, 1.54) is 115 Å². The predicted octanol–water partition coefficient (Wildman–Crippen LogP) is 8.87. The molecule has 53 heavy (non-hydrogen) atoms. The van der Waals surface area contributed by atoms with E-state index in [1.54, 1.807) is 6.92 Å². The summed E-state index contributed by atoms with van der Waals surface area (Å²) in [5.41, 5.74) is 11.1. The van der Waals surface area contributed by atoms with Gasteiger partial charge in [0.15, 0.2) is 0 Å². The number of nitrogens with two attached hydrogens (primary N) is 1. The number of sulfonamides is 1. The molecule has 0 spiro atoms. The van der Waals surface area contributed by atoms with Gasteiger partial charge >= 0.3 is 0 Å².